The molecular formula is C12H11N5O. The van der Waals surface area contributed by atoms with Gasteiger partial charge in [-0.2, -0.15) is 20.7 Å². The molecule has 2 aromatic rings. The molecule has 2 N–H and O–H groups in total. The summed E-state index contributed by atoms with van der Waals surface area (Å²) in [4.78, 5) is 11.7. The number of rotatable bonds is 3. The van der Waals surface area contributed by atoms with Gasteiger partial charge in [0.05, 0.1) is 23.9 Å². The van der Waals surface area contributed by atoms with Crippen LogP contribution in [0.5, 0.6) is 0 Å². The zero-order valence-electron chi connectivity index (χ0n) is 9.71. The van der Waals surface area contributed by atoms with E-state index in [1.54, 1.807) is 12.1 Å². The van der Waals surface area contributed by atoms with E-state index in [1.807, 2.05) is 25.1 Å². The number of nitrogens with zero attached hydrogens (tertiary/aromatic N) is 3. The van der Waals surface area contributed by atoms with Crippen molar-refractivity contribution in [2.75, 3.05) is 0 Å². The Labute approximate surface area is 104 Å². The molecule has 1 atom stereocenters. The Bertz CT molecular complexity index is 568. The molecule has 0 aliphatic carbocycles. The molecule has 2 rings (SSSR count). The highest BCUT2D eigenvalue weighted by molar-refractivity contribution is 5.92. The van der Waals surface area contributed by atoms with Crippen LogP contribution in [0.4, 0.5) is 0 Å². The van der Waals surface area contributed by atoms with E-state index in [0.29, 0.717) is 5.56 Å². The summed E-state index contributed by atoms with van der Waals surface area (Å²) in [6.45, 7) is 1.86. The van der Waals surface area contributed by atoms with Gasteiger partial charge in [-0.05, 0) is 24.6 Å². The maximum atomic E-state index is 11.7. The highest BCUT2D eigenvalue weighted by Gasteiger charge is 2.13. The van der Waals surface area contributed by atoms with Crippen LogP contribution in [0.2, 0.25) is 0 Å². The normalized spacial score (nSPS) is 11.6. The van der Waals surface area contributed by atoms with Gasteiger partial charge in [-0.3, -0.25) is 4.79 Å². The van der Waals surface area contributed by atoms with Gasteiger partial charge in [0.15, 0.2) is 5.69 Å². The van der Waals surface area contributed by atoms with Crippen molar-refractivity contribution in [1.82, 2.24) is 20.7 Å². The highest BCUT2D eigenvalue weighted by Crippen LogP contribution is 2.13. The standard InChI is InChI=1S/C12H11N5O/c1-8(10-4-2-9(6-13)3-5-10)15-12(18)11-7-14-17-16-11/h2-5,7-8H,1H3,(H,15,18)(H,14,16,17). The summed E-state index contributed by atoms with van der Waals surface area (Å²) in [5.41, 5.74) is 1.76. The number of amides is 1. The molecule has 0 saturated heterocycles. The van der Waals surface area contributed by atoms with Gasteiger partial charge in [0.1, 0.15) is 0 Å². The van der Waals surface area contributed by atoms with E-state index in [2.05, 4.69) is 20.7 Å². The molecule has 1 heterocycles. The largest absolute Gasteiger partial charge is 0.344 e. The number of nitriles is 1. The quantitative estimate of drug-likeness (QED) is 0.843. The fourth-order valence-electron chi connectivity index (χ4n) is 1.51. The molecular weight excluding hydrogens is 230 g/mol. The second-order valence-electron chi connectivity index (χ2n) is 3.78. The minimum atomic E-state index is -0.291. The average molecular weight is 241 g/mol. The second kappa shape index (κ2) is 5.10. The van der Waals surface area contributed by atoms with E-state index in [-0.39, 0.29) is 17.6 Å². The third-order valence-corrected chi connectivity index (χ3v) is 2.54. The van der Waals surface area contributed by atoms with Crippen molar-refractivity contribution in [3.63, 3.8) is 0 Å². The first-order chi connectivity index (χ1) is 8.70. The monoisotopic (exact) mass is 241 g/mol. The SMILES string of the molecule is CC(NC(=O)c1cn[nH]n1)c1ccc(C#N)cc1. The first kappa shape index (κ1) is 11.8. The minimum absolute atomic E-state index is 0.165. The molecule has 0 aliphatic heterocycles. The summed E-state index contributed by atoms with van der Waals surface area (Å²) >= 11 is 0. The summed E-state index contributed by atoms with van der Waals surface area (Å²) in [5, 5.41) is 21.1. The summed E-state index contributed by atoms with van der Waals surface area (Å²) < 4.78 is 0. The molecule has 1 amide bonds. The number of H-pyrrole nitrogens is 1. The van der Waals surface area contributed by atoms with Crippen molar-refractivity contribution in [1.29, 1.82) is 5.26 Å². The number of hydrogen-bond donors (Lipinski definition) is 2. The van der Waals surface area contributed by atoms with Crippen LogP contribution in [-0.4, -0.2) is 21.3 Å². The number of carbonyl (C=O) groups excluding carboxylic acids is 1. The third kappa shape index (κ3) is 2.52. The predicted octanol–water partition coefficient (Wildman–Crippen LogP) is 1.17. The lowest BCUT2D eigenvalue weighted by Crippen LogP contribution is -2.26. The molecule has 0 spiro atoms. The second-order valence-corrected chi connectivity index (χ2v) is 3.78. The predicted molar refractivity (Wildman–Crippen MR) is 63.4 cm³/mol. The van der Waals surface area contributed by atoms with Gasteiger partial charge < -0.3 is 5.32 Å². The van der Waals surface area contributed by atoms with E-state index in [9.17, 15) is 4.79 Å². The minimum Gasteiger partial charge on any atom is -0.344 e. The van der Waals surface area contributed by atoms with Crippen LogP contribution < -0.4 is 5.32 Å². The van der Waals surface area contributed by atoms with Crippen molar-refractivity contribution in [2.45, 2.75) is 13.0 Å². The number of benzene rings is 1. The van der Waals surface area contributed by atoms with Crippen molar-refractivity contribution in [2.24, 2.45) is 0 Å². The molecule has 1 aromatic heterocycles. The Morgan fingerprint density at radius 1 is 1.44 bits per heavy atom. The van der Waals surface area contributed by atoms with Gasteiger partial charge in [0.2, 0.25) is 0 Å². The van der Waals surface area contributed by atoms with Crippen molar-refractivity contribution in [3.05, 3.63) is 47.3 Å². The van der Waals surface area contributed by atoms with Gasteiger partial charge in [-0.15, -0.1) is 0 Å². The lowest BCUT2D eigenvalue weighted by Gasteiger charge is -2.13. The van der Waals surface area contributed by atoms with E-state index in [1.165, 1.54) is 6.20 Å². The Balaban J connectivity index is 2.05. The van der Waals surface area contributed by atoms with Crippen LogP contribution in [-0.2, 0) is 0 Å². The lowest BCUT2D eigenvalue weighted by molar-refractivity contribution is 0.0935. The van der Waals surface area contributed by atoms with Gasteiger partial charge in [-0.1, -0.05) is 12.1 Å². The third-order valence-electron chi connectivity index (χ3n) is 2.54. The first-order valence-electron chi connectivity index (χ1n) is 5.37. The van der Waals surface area contributed by atoms with Crippen LogP contribution in [0.25, 0.3) is 0 Å². The van der Waals surface area contributed by atoms with Crippen LogP contribution in [0.1, 0.15) is 34.6 Å². The summed E-state index contributed by atoms with van der Waals surface area (Å²) in [5.74, 6) is -0.291. The molecule has 0 saturated carbocycles. The van der Waals surface area contributed by atoms with Crippen molar-refractivity contribution >= 4 is 5.91 Å². The van der Waals surface area contributed by atoms with E-state index < -0.39 is 0 Å². The molecule has 6 nitrogen and oxygen atoms in total. The topological polar surface area (TPSA) is 94.5 Å². The lowest BCUT2D eigenvalue weighted by atomic mass is 10.1. The van der Waals surface area contributed by atoms with E-state index in [4.69, 9.17) is 5.26 Å². The average Bonchev–Trinajstić information content (AvgIpc) is 2.92. The summed E-state index contributed by atoms with van der Waals surface area (Å²) in [6.07, 6.45) is 1.36. The first-order valence-corrected chi connectivity index (χ1v) is 5.37. The molecule has 6 heteroatoms. The highest BCUT2D eigenvalue weighted by atomic mass is 16.2. The number of nitrogens with one attached hydrogen (secondary N) is 2. The fourth-order valence-corrected chi connectivity index (χ4v) is 1.51. The zero-order valence-corrected chi connectivity index (χ0v) is 9.71. The molecule has 0 aliphatic rings. The number of aromatic amines is 1. The molecule has 0 fully saturated rings. The Hall–Kier alpha value is -2.68. The van der Waals surface area contributed by atoms with Crippen molar-refractivity contribution in [3.8, 4) is 6.07 Å². The maximum Gasteiger partial charge on any atom is 0.273 e. The zero-order chi connectivity index (χ0) is 13.0. The molecule has 1 aromatic carbocycles. The van der Waals surface area contributed by atoms with Gasteiger partial charge in [-0.25, -0.2) is 0 Å². The van der Waals surface area contributed by atoms with Crippen LogP contribution in [0.3, 0.4) is 0 Å². The van der Waals surface area contributed by atoms with Crippen LogP contribution >= 0.6 is 0 Å². The van der Waals surface area contributed by atoms with Gasteiger partial charge in [0, 0.05) is 0 Å². The number of carbonyl (C=O) groups is 1. The molecule has 0 radical (unpaired) electrons. The van der Waals surface area contributed by atoms with Crippen LogP contribution in [0, 0.1) is 11.3 Å². The number of hydrogen-bond acceptors (Lipinski definition) is 4. The summed E-state index contributed by atoms with van der Waals surface area (Å²) in [7, 11) is 0. The molecule has 90 valence electrons. The fraction of sp³-hybridized carbons (Fsp3) is 0.167. The Morgan fingerprint density at radius 2 is 2.17 bits per heavy atom. The van der Waals surface area contributed by atoms with Crippen LogP contribution in [0.15, 0.2) is 30.5 Å². The molecule has 0 bridgehead atoms. The Kier molecular flexibility index (Phi) is 3.34. The maximum absolute atomic E-state index is 11.7. The Morgan fingerprint density at radius 3 is 2.72 bits per heavy atom. The molecule has 1 unspecified atom stereocenters. The molecule has 18 heavy (non-hydrogen) atoms. The van der Waals surface area contributed by atoms with E-state index in [0.717, 1.165) is 5.56 Å². The van der Waals surface area contributed by atoms with Crippen molar-refractivity contribution < 1.29 is 4.79 Å². The number of aromatic nitrogens is 3. The van der Waals surface area contributed by atoms with Gasteiger partial charge >= 0.3 is 0 Å². The summed E-state index contributed by atoms with van der Waals surface area (Å²) in [6, 6.07) is 8.94. The van der Waals surface area contributed by atoms with E-state index >= 15 is 0 Å². The van der Waals surface area contributed by atoms with Gasteiger partial charge in [0.25, 0.3) is 5.91 Å². The smallest absolute Gasteiger partial charge is 0.273 e.